The molecule has 0 aliphatic heterocycles. The standard InChI is InChI=1S/C20H18ClNO4/c21-10-5-11-22-17(14-8-3-4-9-15(14)23)16-18(24)12-6-1-2-7-13(12)19(25)20(16)26/h1-4,6-9,17,22-24H,5,10-11H2. The van der Waals surface area contributed by atoms with E-state index in [-0.39, 0.29) is 22.6 Å². The Morgan fingerprint density at radius 2 is 1.58 bits per heavy atom. The second-order valence-corrected chi connectivity index (χ2v) is 6.33. The van der Waals surface area contributed by atoms with Crippen LogP contribution >= 0.6 is 11.6 Å². The highest BCUT2D eigenvalue weighted by Crippen LogP contribution is 2.37. The van der Waals surface area contributed by atoms with Gasteiger partial charge in [-0.25, -0.2) is 0 Å². The van der Waals surface area contributed by atoms with Crippen molar-refractivity contribution in [2.45, 2.75) is 12.5 Å². The van der Waals surface area contributed by atoms with E-state index in [4.69, 9.17) is 11.6 Å². The topological polar surface area (TPSA) is 86.6 Å². The lowest BCUT2D eigenvalue weighted by Gasteiger charge is -2.26. The zero-order valence-electron chi connectivity index (χ0n) is 13.9. The predicted octanol–water partition coefficient (Wildman–Crippen LogP) is 3.39. The molecular weight excluding hydrogens is 354 g/mol. The molecule has 1 unspecified atom stereocenters. The summed E-state index contributed by atoms with van der Waals surface area (Å²) in [5, 5.41) is 24.1. The Hall–Kier alpha value is -2.63. The molecule has 0 aromatic heterocycles. The van der Waals surface area contributed by atoms with E-state index in [1.54, 1.807) is 36.4 Å². The third-order valence-electron chi connectivity index (χ3n) is 4.33. The zero-order chi connectivity index (χ0) is 18.7. The maximum atomic E-state index is 12.7. The third-order valence-corrected chi connectivity index (χ3v) is 4.60. The lowest BCUT2D eigenvalue weighted by atomic mass is 9.83. The van der Waals surface area contributed by atoms with E-state index in [2.05, 4.69) is 5.32 Å². The van der Waals surface area contributed by atoms with Gasteiger partial charge in [0, 0.05) is 22.6 Å². The highest BCUT2D eigenvalue weighted by molar-refractivity contribution is 6.52. The molecule has 0 saturated heterocycles. The summed E-state index contributed by atoms with van der Waals surface area (Å²) in [6.45, 7) is 0.447. The van der Waals surface area contributed by atoms with Gasteiger partial charge in [0.2, 0.25) is 11.6 Å². The van der Waals surface area contributed by atoms with Gasteiger partial charge in [0.05, 0.1) is 11.6 Å². The van der Waals surface area contributed by atoms with Crippen molar-refractivity contribution in [2.24, 2.45) is 0 Å². The summed E-state index contributed by atoms with van der Waals surface area (Å²) in [5.74, 6) is -1.32. The number of benzene rings is 2. The molecule has 2 aromatic carbocycles. The van der Waals surface area contributed by atoms with Crippen LogP contribution in [0.2, 0.25) is 0 Å². The van der Waals surface area contributed by atoms with E-state index in [9.17, 15) is 19.8 Å². The van der Waals surface area contributed by atoms with Crippen molar-refractivity contribution >= 4 is 28.9 Å². The monoisotopic (exact) mass is 371 g/mol. The van der Waals surface area contributed by atoms with E-state index in [1.165, 1.54) is 12.1 Å². The summed E-state index contributed by atoms with van der Waals surface area (Å²) in [4.78, 5) is 25.3. The fourth-order valence-corrected chi connectivity index (χ4v) is 3.20. The van der Waals surface area contributed by atoms with Gasteiger partial charge in [-0.2, -0.15) is 0 Å². The van der Waals surface area contributed by atoms with Crippen molar-refractivity contribution in [2.75, 3.05) is 12.4 Å². The molecule has 0 bridgehead atoms. The minimum absolute atomic E-state index is 0.0321. The SMILES string of the molecule is O=C1C(=O)c2ccccc2C(O)=C1C(NCCCCl)c1ccccc1O. The average Bonchev–Trinajstić information content (AvgIpc) is 2.66. The number of ketones is 2. The Morgan fingerprint density at radius 3 is 2.27 bits per heavy atom. The summed E-state index contributed by atoms with van der Waals surface area (Å²) in [5.41, 5.74) is 0.830. The number of aliphatic hydroxyl groups is 1. The molecule has 0 saturated carbocycles. The first-order chi connectivity index (χ1) is 12.6. The van der Waals surface area contributed by atoms with Gasteiger partial charge in [-0.05, 0) is 19.0 Å². The van der Waals surface area contributed by atoms with Gasteiger partial charge >= 0.3 is 0 Å². The molecule has 0 heterocycles. The number of hydrogen-bond acceptors (Lipinski definition) is 5. The van der Waals surface area contributed by atoms with Crippen molar-refractivity contribution in [1.29, 1.82) is 0 Å². The normalized spacial score (nSPS) is 15.1. The number of halogens is 1. The first-order valence-electron chi connectivity index (χ1n) is 8.25. The molecule has 1 atom stereocenters. The second-order valence-electron chi connectivity index (χ2n) is 5.95. The average molecular weight is 372 g/mol. The Balaban J connectivity index is 2.15. The van der Waals surface area contributed by atoms with E-state index < -0.39 is 17.6 Å². The zero-order valence-corrected chi connectivity index (χ0v) is 14.7. The van der Waals surface area contributed by atoms with Crippen LogP contribution in [0.25, 0.3) is 5.76 Å². The number of phenols is 1. The van der Waals surface area contributed by atoms with Crippen LogP contribution in [0.15, 0.2) is 54.1 Å². The third kappa shape index (κ3) is 3.23. The molecule has 2 aromatic rings. The molecule has 26 heavy (non-hydrogen) atoms. The predicted molar refractivity (Wildman–Crippen MR) is 99.5 cm³/mol. The van der Waals surface area contributed by atoms with Gasteiger partial charge in [-0.3, -0.25) is 9.59 Å². The fourth-order valence-electron chi connectivity index (χ4n) is 3.07. The Kier molecular flexibility index (Phi) is 5.40. The number of aromatic hydroxyl groups is 1. The van der Waals surface area contributed by atoms with Crippen LogP contribution in [-0.2, 0) is 4.79 Å². The van der Waals surface area contributed by atoms with Gasteiger partial charge in [0.1, 0.15) is 11.5 Å². The highest BCUT2D eigenvalue weighted by Gasteiger charge is 2.37. The van der Waals surface area contributed by atoms with Crippen LogP contribution in [0.1, 0.15) is 33.9 Å². The van der Waals surface area contributed by atoms with Crippen molar-refractivity contribution in [3.05, 3.63) is 70.8 Å². The van der Waals surface area contributed by atoms with Crippen LogP contribution in [0.5, 0.6) is 5.75 Å². The number of carbonyl (C=O) groups is 2. The van der Waals surface area contributed by atoms with Crippen LogP contribution in [0.4, 0.5) is 0 Å². The van der Waals surface area contributed by atoms with Crippen LogP contribution in [-0.4, -0.2) is 34.2 Å². The minimum atomic E-state index is -0.829. The largest absolute Gasteiger partial charge is 0.508 e. The quantitative estimate of drug-likeness (QED) is 0.411. The molecule has 5 nitrogen and oxygen atoms in total. The molecule has 1 aliphatic carbocycles. The van der Waals surface area contributed by atoms with Gasteiger partial charge in [0.15, 0.2) is 0 Å². The van der Waals surface area contributed by atoms with Crippen molar-refractivity contribution in [1.82, 2.24) is 5.32 Å². The van der Waals surface area contributed by atoms with E-state index in [0.717, 1.165) is 0 Å². The molecule has 0 amide bonds. The minimum Gasteiger partial charge on any atom is -0.508 e. The number of Topliss-reactive ketones (excluding diaryl/α,β-unsaturated/α-hetero) is 2. The van der Waals surface area contributed by atoms with E-state index in [0.29, 0.717) is 30.0 Å². The number of phenolic OH excluding ortho intramolecular Hbond substituents is 1. The number of fused-ring (bicyclic) bond motifs is 1. The second kappa shape index (κ2) is 7.72. The molecule has 0 radical (unpaired) electrons. The van der Waals surface area contributed by atoms with E-state index in [1.807, 2.05) is 0 Å². The number of alkyl halides is 1. The Bertz CT molecular complexity index is 891. The molecule has 6 heteroatoms. The molecule has 3 rings (SSSR count). The number of nitrogens with one attached hydrogen (secondary N) is 1. The molecule has 134 valence electrons. The Morgan fingerprint density at radius 1 is 0.923 bits per heavy atom. The van der Waals surface area contributed by atoms with Crippen molar-refractivity contribution in [3.63, 3.8) is 0 Å². The van der Waals surface area contributed by atoms with Gasteiger partial charge in [-0.1, -0.05) is 42.5 Å². The number of para-hydroxylation sites is 1. The van der Waals surface area contributed by atoms with Crippen molar-refractivity contribution in [3.8, 4) is 5.75 Å². The number of rotatable bonds is 6. The van der Waals surface area contributed by atoms with Crippen LogP contribution in [0.3, 0.4) is 0 Å². The molecule has 3 N–H and O–H groups in total. The number of hydrogen-bond donors (Lipinski definition) is 3. The molecule has 0 spiro atoms. The summed E-state index contributed by atoms with van der Waals surface area (Å²) in [7, 11) is 0. The maximum absolute atomic E-state index is 12.7. The first-order valence-corrected chi connectivity index (χ1v) is 8.78. The van der Waals surface area contributed by atoms with Crippen LogP contribution in [0, 0.1) is 0 Å². The van der Waals surface area contributed by atoms with Crippen LogP contribution < -0.4 is 5.32 Å². The lowest BCUT2D eigenvalue weighted by Crippen LogP contribution is -2.34. The number of carbonyl (C=O) groups excluding carboxylic acids is 2. The summed E-state index contributed by atoms with van der Waals surface area (Å²) >= 11 is 5.72. The summed E-state index contributed by atoms with van der Waals surface area (Å²) in [6.07, 6.45) is 0.623. The van der Waals surface area contributed by atoms with Gasteiger partial charge in [0.25, 0.3) is 0 Å². The Labute approximate surface area is 155 Å². The summed E-state index contributed by atoms with van der Waals surface area (Å²) < 4.78 is 0. The number of aliphatic hydroxyl groups excluding tert-OH is 1. The first kappa shape index (κ1) is 18.2. The maximum Gasteiger partial charge on any atom is 0.235 e. The van der Waals surface area contributed by atoms with E-state index >= 15 is 0 Å². The molecule has 0 fully saturated rings. The smallest absolute Gasteiger partial charge is 0.235 e. The highest BCUT2D eigenvalue weighted by atomic mass is 35.5. The van der Waals surface area contributed by atoms with Gasteiger partial charge < -0.3 is 15.5 Å². The summed E-state index contributed by atoms with van der Waals surface area (Å²) in [6, 6.07) is 12.1. The van der Waals surface area contributed by atoms with Crippen molar-refractivity contribution < 1.29 is 19.8 Å². The fraction of sp³-hybridized carbons (Fsp3) is 0.200. The lowest BCUT2D eigenvalue weighted by molar-refractivity contribution is -0.112. The van der Waals surface area contributed by atoms with Gasteiger partial charge in [-0.15, -0.1) is 11.6 Å². The molecular formula is C20H18ClNO4. The molecule has 1 aliphatic rings.